The molecule has 1 aromatic rings. The van der Waals surface area contributed by atoms with Gasteiger partial charge in [-0.15, -0.1) is 0 Å². The number of hydrogen-bond acceptors (Lipinski definition) is 2. The van der Waals surface area contributed by atoms with Gasteiger partial charge in [-0.2, -0.15) is 0 Å². The van der Waals surface area contributed by atoms with Crippen molar-refractivity contribution in [2.45, 2.75) is 52.4 Å². The number of nitrogens with zero attached hydrogens (tertiary/aromatic N) is 1. The van der Waals surface area contributed by atoms with E-state index in [2.05, 4.69) is 37.6 Å². The van der Waals surface area contributed by atoms with Gasteiger partial charge in [0.15, 0.2) is 0 Å². The van der Waals surface area contributed by atoms with Crippen molar-refractivity contribution in [3.05, 3.63) is 23.5 Å². The molecule has 0 spiro atoms. The quantitative estimate of drug-likeness (QED) is 0.876. The van der Waals surface area contributed by atoms with Crippen molar-refractivity contribution in [3.63, 3.8) is 0 Å². The molecule has 2 rings (SSSR count). The van der Waals surface area contributed by atoms with Gasteiger partial charge in [-0.1, -0.05) is 13.8 Å². The molecule has 0 aromatic carbocycles. The van der Waals surface area contributed by atoms with Gasteiger partial charge in [0.25, 0.3) is 0 Å². The van der Waals surface area contributed by atoms with E-state index in [0.29, 0.717) is 0 Å². The molecule has 1 aliphatic carbocycles. The molecule has 17 heavy (non-hydrogen) atoms. The van der Waals surface area contributed by atoms with E-state index in [1.54, 1.807) is 7.11 Å². The average Bonchev–Trinajstić information content (AvgIpc) is 2.60. The van der Waals surface area contributed by atoms with Crippen molar-refractivity contribution in [2.24, 2.45) is 5.41 Å². The summed E-state index contributed by atoms with van der Waals surface area (Å²) in [6.45, 7) is 7.36. The van der Waals surface area contributed by atoms with Crippen molar-refractivity contribution in [3.8, 4) is 0 Å². The number of ether oxygens (including phenoxy) is 1. The summed E-state index contributed by atoms with van der Waals surface area (Å²) in [5.74, 6) is 0. The van der Waals surface area contributed by atoms with Gasteiger partial charge >= 0.3 is 0 Å². The van der Waals surface area contributed by atoms with Crippen LogP contribution in [-0.4, -0.2) is 22.9 Å². The Balaban J connectivity index is 2.27. The molecular formula is C14H23NO2. The molecule has 1 aromatic heterocycles. The molecule has 1 heterocycles. The van der Waals surface area contributed by atoms with Crippen LogP contribution in [0, 0.1) is 5.41 Å². The van der Waals surface area contributed by atoms with Crippen molar-refractivity contribution in [2.75, 3.05) is 7.11 Å². The SMILES string of the molecule is COC(C)Cn1ccc2c1CC(C)(C)CC2O. The predicted octanol–water partition coefficient (Wildman–Crippen LogP) is 2.53. The minimum atomic E-state index is -0.312. The van der Waals surface area contributed by atoms with E-state index < -0.39 is 0 Å². The first-order chi connectivity index (χ1) is 7.93. The molecule has 0 bridgehead atoms. The summed E-state index contributed by atoms with van der Waals surface area (Å²) in [5.41, 5.74) is 2.56. The van der Waals surface area contributed by atoms with E-state index in [1.807, 2.05) is 0 Å². The molecule has 1 aliphatic rings. The van der Waals surface area contributed by atoms with Crippen molar-refractivity contribution in [1.82, 2.24) is 4.57 Å². The van der Waals surface area contributed by atoms with Crippen LogP contribution in [0.25, 0.3) is 0 Å². The molecule has 3 nitrogen and oxygen atoms in total. The van der Waals surface area contributed by atoms with E-state index in [9.17, 15) is 5.11 Å². The molecule has 0 fully saturated rings. The van der Waals surface area contributed by atoms with E-state index in [4.69, 9.17) is 4.74 Å². The Morgan fingerprint density at radius 1 is 1.59 bits per heavy atom. The molecule has 0 saturated heterocycles. The summed E-state index contributed by atoms with van der Waals surface area (Å²) >= 11 is 0. The Labute approximate surface area is 103 Å². The summed E-state index contributed by atoms with van der Waals surface area (Å²) < 4.78 is 7.54. The highest BCUT2D eigenvalue weighted by atomic mass is 16.5. The van der Waals surface area contributed by atoms with Crippen LogP contribution < -0.4 is 0 Å². The molecule has 2 unspecified atom stereocenters. The third kappa shape index (κ3) is 2.55. The van der Waals surface area contributed by atoms with Gasteiger partial charge in [0.1, 0.15) is 0 Å². The summed E-state index contributed by atoms with van der Waals surface area (Å²) in [4.78, 5) is 0. The number of aliphatic hydroxyl groups excluding tert-OH is 1. The standard InChI is InChI=1S/C14H23NO2/c1-10(17-4)9-15-6-5-11-12(15)7-14(2,3)8-13(11)16/h5-6,10,13,16H,7-9H2,1-4H3. The fraction of sp³-hybridized carbons (Fsp3) is 0.714. The van der Waals surface area contributed by atoms with Crippen molar-refractivity contribution >= 4 is 0 Å². The molecule has 3 heteroatoms. The normalized spacial score (nSPS) is 24.4. The largest absolute Gasteiger partial charge is 0.388 e. The third-order valence-electron chi connectivity index (χ3n) is 3.72. The Morgan fingerprint density at radius 3 is 2.94 bits per heavy atom. The lowest BCUT2D eigenvalue weighted by Gasteiger charge is -2.34. The van der Waals surface area contributed by atoms with Gasteiger partial charge in [-0.3, -0.25) is 0 Å². The highest BCUT2D eigenvalue weighted by molar-refractivity contribution is 5.29. The van der Waals surface area contributed by atoms with E-state index in [1.165, 1.54) is 5.69 Å². The Bertz CT molecular complexity index is 395. The second-order valence-corrected chi connectivity index (χ2v) is 5.98. The first kappa shape index (κ1) is 12.7. The molecule has 96 valence electrons. The maximum Gasteiger partial charge on any atom is 0.0812 e. The zero-order valence-electron chi connectivity index (χ0n) is 11.2. The second-order valence-electron chi connectivity index (χ2n) is 5.98. The maximum absolute atomic E-state index is 10.2. The zero-order valence-corrected chi connectivity index (χ0v) is 11.2. The molecule has 0 aliphatic heterocycles. The predicted molar refractivity (Wildman–Crippen MR) is 68.0 cm³/mol. The van der Waals surface area contributed by atoms with Gasteiger partial charge in [0, 0.05) is 31.1 Å². The average molecular weight is 237 g/mol. The molecular weight excluding hydrogens is 214 g/mol. The van der Waals surface area contributed by atoms with Crippen LogP contribution in [0.3, 0.4) is 0 Å². The Kier molecular flexibility index (Phi) is 3.32. The monoisotopic (exact) mass is 237 g/mol. The minimum absolute atomic E-state index is 0.179. The van der Waals surface area contributed by atoms with Crippen LogP contribution in [0.15, 0.2) is 12.3 Å². The third-order valence-corrected chi connectivity index (χ3v) is 3.72. The number of fused-ring (bicyclic) bond motifs is 1. The van der Waals surface area contributed by atoms with Crippen LogP contribution in [-0.2, 0) is 17.7 Å². The summed E-state index contributed by atoms with van der Waals surface area (Å²) in [6, 6.07) is 2.05. The number of hydrogen-bond donors (Lipinski definition) is 1. The van der Waals surface area contributed by atoms with E-state index in [0.717, 1.165) is 24.9 Å². The second kappa shape index (κ2) is 4.46. The smallest absolute Gasteiger partial charge is 0.0812 e. The number of rotatable bonds is 3. The summed E-state index contributed by atoms with van der Waals surface area (Å²) in [7, 11) is 1.74. The van der Waals surface area contributed by atoms with Gasteiger partial charge in [-0.05, 0) is 31.2 Å². The van der Waals surface area contributed by atoms with Gasteiger partial charge in [0.05, 0.1) is 12.2 Å². The van der Waals surface area contributed by atoms with Crippen LogP contribution in [0.2, 0.25) is 0 Å². The van der Waals surface area contributed by atoms with Gasteiger partial charge in [0.2, 0.25) is 0 Å². The van der Waals surface area contributed by atoms with Crippen LogP contribution >= 0.6 is 0 Å². The van der Waals surface area contributed by atoms with Gasteiger partial charge < -0.3 is 14.4 Å². The van der Waals surface area contributed by atoms with Gasteiger partial charge in [-0.25, -0.2) is 0 Å². The molecule has 0 saturated carbocycles. The Morgan fingerprint density at radius 2 is 2.29 bits per heavy atom. The van der Waals surface area contributed by atoms with E-state index >= 15 is 0 Å². The summed E-state index contributed by atoms with van der Waals surface area (Å²) in [5, 5.41) is 10.2. The van der Waals surface area contributed by atoms with Crippen molar-refractivity contribution in [1.29, 1.82) is 0 Å². The molecule has 2 atom stereocenters. The first-order valence-electron chi connectivity index (χ1n) is 6.32. The van der Waals surface area contributed by atoms with Crippen LogP contribution in [0.1, 0.15) is 44.6 Å². The summed E-state index contributed by atoms with van der Waals surface area (Å²) in [6.07, 6.45) is 3.85. The van der Waals surface area contributed by atoms with Crippen LogP contribution in [0.4, 0.5) is 0 Å². The minimum Gasteiger partial charge on any atom is -0.388 e. The highest BCUT2D eigenvalue weighted by Gasteiger charge is 2.33. The lowest BCUT2D eigenvalue weighted by molar-refractivity contribution is 0.0893. The molecule has 0 amide bonds. The Hall–Kier alpha value is -0.800. The first-order valence-corrected chi connectivity index (χ1v) is 6.32. The molecule has 1 N–H and O–H groups in total. The lowest BCUT2D eigenvalue weighted by Crippen LogP contribution is -2.28. The van der Waals surface area contributed by atoms with Crippen LogP contribution in [0.5, 0.6) is 0 Å². The maximum atomic E-state index is 10.2. The number of aromatic nitrogens is 1. The number of aliphatic hydroxyl groups is 1. The number of methoxy groups -OCH3 is 1. The molecule has 0 radical (unpaired) electrons. The van der Waals surface area contributed by atoms with Crippen molar-refractivity contribution < 1.29 is 9.84 Å². The topological polar surface area (TPSA) is 34.4 Å². The fourth-order valence-electron chi connectivity index (χ4n) is 2.71. The fourth-order valence-corrected chi connectivity index (χ4v) is 2.71. The highest BCUT2D eigenvalue weighted by Crippen LogP contribution is 2.41. The zero-order chi connectivity index (χ0) is 12.6. The lowest BCUT2D eigenvalue weighted by atomic mass is 9.75. The van der Waals surface area contributed by atoms with E-state index in [-0.39, 0.29) is 17.6 Å².